The van der Waals surface area contributed by atoms with Crippen LogP contribution in [-0.2, 0) is 11.2 Å². The first-order valence-electron chi connectivity index (χ1n) is 3.81. The molecule has 1 aromatic heterocycles. The number of carbonyl (C=O) groups is 1. The lowest BCUT2D eigenvalue weighted by Crippen LogP contribution is -2.26. The van der Waals surface area contributed by atoms with E-state index in [2.05, 4.69) is 3.53 Å². The fraction of sp³-hybridized carbons (Fsp3) is 0.375. The van der Waals surface area contributed by atoms with E-state index in [4.69, 9.17) is 5.11 Å². The summed E-state index contributed by atoms with van der Waals surface area (Å²) in [7, 11) is 0. The summed E-state index contributed by atoms with van der Waals surface area (Å²) in [5, 5.41) is 12.6. The molecule has 0 saturated carbocycles. The number of thiophene rings is 1. The van der Waals surface area contributed by atoms with Gasteiger partial charge in [0.05, 0.1) is 6.42 Å². The van der Waals surface area contributed by atoms with Crippen molar-refractivity contribution in [2.45, 2.75) is 18.9 Å². The second-order valence-corrected chi connectivity index (χ2v) is 4.14. The predicted octanol–water partition coefficient (Wildman–Crippen LogP) is 2.07. The Morgan fingerprint density at radius 3 is 3.00 bits per heavy atom. The molecule has 1 aromatic rings. The lowest BCUT2D eigenvalue weighted by Gasteiger charge is -2.10. The number of nitrogens with one attached hydrogen (secondary N) is 1. The lowest BCUT2D eigenvalue weighted by molar-refractivity contribution is -0.137. The number of aliphatic carboxylic acids is 1. The summed E-state index contributed by atoms with van der Waals surface area (Å²) >= 11 is 3.63. The average Bonchev–Trinajstić information content (AvgIpc) is 2.55. The molecule has 0 amide bonds. The van der Waals surface area contributed by atoms with Gasteiger partial charge in [-0.05, 0) is 28.8 Å². The molecule has 0 saturated heterocycles. The molecule has 1 atom stereocenters. The summed E-state index contributed by atoms with van der Waals surface area (Å²) in [6.07, 6.45) is 0.942. The first kappa shape index (κ1) is 10.9. The maximum Gasteiger partial charge on any atom is 0.304 e. The van der Waals surface area contributed by atoms with Gasteiger partial charge in [-0.1, -0.05) is 0 Å². The maximum atomic E-state index is 10.5. The van der Waals surface area contributed by atoms with Gasteiger partial charge in [0.25, 0.3) is 0 Å². The van der Waals surface area contributed by atoms with Gasteiger partial charge < -0.3 is 5.11 Å². The number of carboxylic acids is 1. The van der Waals surface area contributed by atoms with Crippen LogP contribution in [0.25, 0.3) is 0 Å². The molecule has 1 heterocycles. The topological polar surface area (TPSA) is 49.3 Å². The molecule has 0 aromatic carbocycles. The van der Waals surface area contributed by atoms with Crippen LogP contribution in [0.5, 0.6) is 0 Å². The molecule has 0 aliphatic rings. The van der Waals surface area contributed by atoms with Crippen LogP contribution in [0.15, 0.2) is 16.8 Å². The first-order chi connectivity index (χ1) is 6.22. The smallest absolute Gasteiger partial charge is 0.304 e. The Labute approximate surface area is 94.7 Å². The second kappa shape index (κ2) is 5.56. The molecule has 0 bridgehead atoms. The van der Waals surface area contributed by atoms with Crippen LogP contribution in [-0.4, -0.2) is 17.1 Å². The summed E-state index contributed by atoms with van der Waals surface area (Å²) in [4.78, 5) is 10.5. The highest BCUT2D eigenvalue weighted by molar-refractivity contribution is 14.1. The molecule has 1 unspecified atom stereocenters. The van der Waals surface area contributed by atoms with Gasteiger partial charge in [0.2, 0.25) is 0 Å². The van der Waals surface area contributed by atoms with Crippen LogP contribution in [0.1, 0.15) is 12.0 Å². The van der Waals surface area contributed by atoms with Gasteiger partial charge in [-0.2, -0.15) is 11.3 Å². The molecule has 0 spiro atoms. The third kappa shape index (κ3) is 4.06. The molecular formula is C8H10INO2S. The summed E-state index contributed by atoms with van der Waals surface area (Å²) in [5.41, 5.74) is 1.19. The zero-order valence-corrected chi connectivity index (χ0v) is 9.84. The molecule has 0 aliphatic carbocycles. The predicted molar refractivity (Wildman–Crippen MR) is 61.2 cm³/mol. The fourth-order valence-corrected chi connectivity index (χ4v) is 2.18. The summed E-state index contributed by atoms with van der Waals surface area (Å²) in [6.45, 7) is 0. The SMILES string of the molecule is O=C(O)CC(Cc1ccsc1)NI. The highest BCUT2D eigenvalue weighted by Gasteiger charge is 2.12. The van der Waals surface area contributed by atoms with E-state index in [0.717, 1.165) is 6.42 Å². The van der Waals surface area contributed by atoms with Crippen molar-refractivity contribution in [2.75, 3.05) is 0 Å². The van der Waals surface area contributed by atoms with Crippen molar-refractivity contribution in [3.05, 3.63) is 22.4 Å². The number of hydrogen-bond acceptors (Lipinski definition) is 3. The third-order valence-electron chi connectivity index (χ3n) is 1.64. The van der Waals surface area contributed by atoms with E-state index in [-0.39, 0.29) is 12.5 Å². The van der Waals surface area contributed by atoms with Crippen molar-refractivity contribution in [2.24, 2.45) is 0 Å². The monoisotopic (exact) mass is 311 g/mol. The van der Waals surface area contributed by atoms with Gasteiger partial charge in [0, 0.05) is 28.9 Å². The molecule has 0 fully saturated rings. The third-order valence-corrected chi connectivity index (χ3v) is 3.25. The Kier molecular flexibility index (Phi) is 4.68. The second-order valence-electron chi connectivity index (χ2n) is 2.74. The van der Waals surface area contributed by atoms with E-state index in [1.54, 1.807) is 11.3 Å². The van der Waals surface area contributed by atoms with Gasteiger partial charge in [-0.3, -0.25) is 8.32 Å². The van der Waals surface area contributed by atoms with Crippen molar-refractivity contribution in [1.29, 1.82) is 0 Å². The summed E-state index contributed by atoms with van der Waals surface area (Å²) in [6, 6.07) is 2.04. The Balaban J connectivity index is 2.45. The Morgan fingerprint density at radius 1 is 1.77 bits per heavy atom. The maximum absolute atomic E-state index is 10.5. The largest absolute Gasteiger partial charge is 0.481 e. The van der Waals surface area contributed by atoms with Crippen molar-refractivity contribution in [1.82, 2.24) is 3.53 Å². The minimum atomic E-state index is -0.760. The Bertz CT molecular complexity index is 263. The van der Waals surface area contributed by atoms with Gasteiger partial charge >= 0.3 is 5.97 Å². The normalized spacial score (nSPS) is 12.7. The molecular weight excluding hydrogens is 301 g/mol. The highest BCUT2D eigenvalue weighted by Crippen LogP contribution is 2.11. The lowest BCUT2D eigenvalue weighted by atomic mass is 10.1. The van der Waals surface area contributed by atoms with Crippen molar-refractivity contribution in [3.63, 3.8) is 0 Å². The number of rotatable bonds is 5. The van der Waals surface area contributed by atoms with Gasteiger partial charge in [0.15, 0.2) is 0 Å². The van der Waals surface area contributed by atoms with Crippen molar-refractivity contribution < 1.29 is 9.90 Å². The van der Waals surface area contributed by atoms with Crippen LogP contribution in [0.4, 0.5) is 0 Å². The first-order valence-corrected chi connectivity index (χ1v) is 5.83. The number of carboxylic acid groups (broad SMARTS) is 1. The minimum absolute atomic E-state index is 0.0210. The molecule has 0 radical (unpaired) electrons. The number of halogens is 1. The Morgan fingerprint density at radius 2 is 2.54 bits per heavy atom. The molecule has 13 heavy (non-hydrogen) atoms. The van der Waals surface area contributed by atoms with Crippen LogP contribution in [0.3, 0.4) is 0 Å². The van der Waals surface area contributed by atoms with Gasteiger partial charge in [-0.15, -0.1) is 0 Å². The molecule has 1 rings (SSSR count). The van der Waals surface area contributed by atoms with E-state index in [9.17, 15) is 4.79 Å². The zero-order chi connectivity index (χ0) is 9.68. The van der Waals surface area contributed by atoms with E-state index in [1.165, 1.54) is 5.56 Å². The summed E-state index contributed by atoms with van der Waals surface area (Å²) in [5.74, 6) is -0.760. The summed E-state index contributed by atoms with van der Waals surface area (Å²) < 4.78 is 2.97. The molecule has 0 aliphatic heterocycles. The van der Waals surface area contributed by atoms with Crippen LogP contribution < -0.4 is 3.53 Å². The molecule has 2 N–H and O–H groups in total. The van der Waals surface area contributed by atoms with E-state index in [0.29, 0.717) is 0 Å². The van der Waals surface area contributed by atoms with Crippen molar-refractivity contribution >= 4 is 40.2 Å². The van der Waals surface area contributed by atoms with E-state index < -0.39 is 5.97 Å². The van der Waals surface area contributed by atoms with Crippen molar-refractivity contribution in [3.8, 4) is 0 Å². The molecule has 5 heteroatoms. The van der Waals surface area contributed by atoms with Gasteiger partial charge in [0.1, 0.15) is 0 Å². The van der Waals surface area contributed by atoms with Crippen LogP contribution in [0, 0.1) is 0 Å². The van der Waals surface area contributed by atoms with Gasteiger partial charge in [-0.25, -0.2) is 0 Å². The van der Waals surface area contributed by atoms with Crippen LogP contribution in [0.2, 0.25) is 0 Å². The Hall–Kier alpha value is -0.140. The number of hydrogen-bond donors (Lipinski definition) is 2. The highest BCUT2D eigenvalue weighted by atomic mass is 127. The minimum Gasteiger partial charge on any atom is -0.481 e. The molecule has 72 valence electrons. The average molecular weight is 311 g/mol. The van der Waals surface area contributed by atoms with Crippen LogP contribution >= 0.6 is 34.2 Å². The van der Waals surface area contributed by atoms with E-state index in [1.807, 2.05) is 39.7 Å². The quantitative estimate of drug-likeness (QED) is 0.646. The fourth-order valence-electron chi connectivity index (χ4n) is 1.05. The van der Waals surface area contributed by atoms with E-state index >= 15 is 0 Å². The molecule has 3 nitrogen and oxygen atoms in total. The standard InChI is InChI=1S/C8H10INO2S/c9-10-7(4-8(11)12)3-6-1-2-13-5-6/h1-2,5,7,10H,3-4H2,(H,11,12). The zero-order valence-electron chi connectivity index (χ0n) is 6.87.